The number of piperidine rings is 1. The first-order valence-electron chi connectivity index (χ1n) is 5.52. The minimum absolute atomic E-state index is 0.281. The Morgan fingerprint density at radius 2 is 2.12 bits per heavy atom. The third-order valence-electron chi connectivity index (χ3n) is 2.95. The zero-order valence-corrected chi connectivity index (χ0v) is 9.97. The fourth-order valence-electron chi connectivity index (χ4n) is 2.21. The maximum atomic E-state index is 10.7. The van der Waals surface area contributed by atoms with Crippen molar-refractivity contribution in [1.82, 2.24) is 4.98 Å². The predicted molar refractivity (Wildman–Crippen MR) is 64.4 cm³/mol. The third kappa shape index (κ3) is 2.95. The van der Waals surface area contributed by atoms with Gasteiger partial charge in [0.05, 0.1) is 5.75 Å². The van der Waals surface area contributed by atoms with Gasteiger partial charge < -0.3 is 4.90 Å². The van der Waals surface area contributed by atoms with Gasteiger partial charge in [0.2, 0.25) is 0 Å². The van der Waals surface area contributed by atoms with Crippen LogP contribution in [-0.2, 0) is 10.7 Å². The van der Waals surface area contributed by atoms with E-state index < -0.39 is 10.7 Å². The SMILES string of the molecule is O=[SH](=O)CC1CCCN(c2ccncc2)C1. The van der Waals surface area contributed by atoms with Gasteiger partial charge in [-0.1, -0.05) is 0 Å². The van der Waals surface area contributed by atoms with E-state index in [9.17, 15) is 8.42 Å². The fraction of sp³-hybridized carbons (Fsp3) is 0.545. The topological polar surface area (TPSA) is 50.3 Å². The highest BCUT2D eigenvalue weighted by molar-refractivity contribution is 7.72. The number of thiol groups is 1. The second kappa shape index (κ2) is 5.30. The second-order valence-corrected chi connectivity index (χ2v) is 5.21. The van der Waals surface area contributed by atoms with Crippen LogP contribution in [-0.4, -0.2) is 32.2 Å². The summed E-state index contributed by atoms with van der Waals surface area (Å²) in [4.78, 5) is 6.23. The quantitative estimate of drug-likeness (QED) is 0.798. The number of rotatable bonds is 3. The summed E-state index contributed by atoms with van der Waals surface area (Å²) in [5.41, 5.74) is 1.14. The first kappa shape index (κ1) is 11.4. The van der Waals surface area contributed by atoms with Crippen LogP contribution < -0.4 is 4.90 Å². The van der Waals surface area contributed by atoms with E-state index in [4.69, 9.17) is 0 Å². The van der Waals surface area contributed by atoms with Gasteiger partial charge in [0.25, 0.3) is 0 Å². The highest BCUT2D eigenvalue weighted by Crippen LogP contribution is 2.22. The van der Waals surface area contributed by atoms with E-state index in [0.717, 1.165) is 31.6 Å². The number of anilines is 1. The summed E-state index contributed by atoms with van der Waals surface area (Å²) in [5.74, 6) is 0.597. The highest BCUT2D eigenvalue weighted by atomic mass is 32.2. The summed E-state index contributed by atoms with van der Waals surface area (Å²) in [6.07, 6.45) is 5.63. The van der Waals surface area contributed by atoms with Crippen LogP contribution in [0, 0.1) is 5.92 Å². The molecule has 1 saturated heterocycles. The molecule has 1 aromatic heterocycles. The van der Waals surface area contributed by atoms with Crippen molar-refractivity contribution in [3.63, 3.8) is 0 Å². The van der Waals surface area contributed by atoms with E-state index in [1.54, 1.807) is 12.4 Å². The van der Waals surface area contributed by atoms with Crippen LogP contribution in [0.5, 0.6) is 0 Å². The zero-order valence-electron chi connectivity index (χ0n) is 9.08. The summed E-state index contributed by atoms with van der Waals surface area (Å²) >= 11 is 0. The minimum Gasteiger partial charge on any atom is -0.371 e. The van der Waals surface area contributed by atoms with Crippen molar-refractivity contribution >= 4 is 16.4 Å². The normalized spacial score (nSPS) is 21.3. The van der Waals surface area contributed by atoms with Gasteiger partial charge in [-0.2, -0.15) is 0 Å². The van der Waals surface area contributed by atoms with E-state index in [-0.39, 0.29) is 5.92 Å². The van der Waals surface area contributed by atoms with E-state index in [0.29, 0.717) is 5.75 Å². The van der Waals surface area contributed by atoms with Gasteiger partial charge in [-0.25, -0.2) is 8.42 Å². The Morgan fingerprint density at radius 1 is 1.38 bits per heavy atom. The molecule has 1 aliphatic rings. The Hall–Kier alpha value is -1.10. The van der Waals surface area contributed by atoms with Gasteiger partial charge in [0, 0.05) is 31.2 Å². The molecule has 0 radical (unpaired) electrons. The number of aromatic nitrogens is 1. The number of nitrogens with zero attached hydrogens (tertiary/aromatic N) is 2. The van der Waals surface area contributed by atoms with Crippen LogP contribution in [0.15, 0.2) is 24.5 Å². The predicted octanol–water partition coefficient (Wildman–Crippen LogP) is 0.909. The molecule has 0 aromatic carbocycles. The molecular weight excluding hydrogens is 224 g/mol. The molecule has 88 valence electrons. The lowest BCUT2D eigenvalue weighted by molar-refractivity contribution is 0.446. The van der Waals surface area contributed by atoms with Crippen molar-refractivity contribution in [2.75, 3.05) is 23.7 Å². The molecule has 1 fully saturated rings. The van der Waals surface area contributed by atoms with E-state index >= 15 is 0 Å². The van der Waals surface area contributed by atoms with Crippen molar-refractivity contribution in [1.29, 1.82) is 0 Å². The van der Waals surface area contributed by atoms with Gasteiger partial charge in [-0.3, -0.25) is 4.98 Å². The van der Waals surface area contributed by atoms with Gasteiger partial charge in [0.15, 0.2) is 0 Å². The summed E-state index contributed by atoms with van der Waals surface area (Å²) in [7, 11) is -2.25. The first-order chi connectivity index (χ1) is 7.75. The van der Waals surface area contributed by atoms with Crippen molar-refractivity contribution in [2.24, 2.45) is 5.92 Å². The summed E-state index contributed by atoms with van der Waals surface area (Å²) < 4.78 is 21.4. The molecule has 2 rings (SSSR count). The molecule has 1 aromatic rings. The third-order valence-corrected chi connectivity index (χ3v) is 3.77. The molecule has 1 unspecified atom stereocenters. The van der Waals surface area contributed by atoms with Crippen molar-refractivity contribution in [2.45, 2.75) is 12.8 Å². The van der Waals surface area contributed by atoms with Crippen LogP contribution in [0.3, 0.4) is 0 Å². The van der Waals surface area contributed by atoms with Crippen molar-refractivity contribution in [3.05, 3.63) is 24.5 Å². The van der Waals surface area contributed by atoms with Crippen LogP contribution in [0.2, 0.25) is 0 Å². The Morgan fingerprint density at radius 3 is 2.81 bits per heavy atom. The molecule has 1 aliphatic heterocycles. The van der Waals surface area contributed by atoms with E-state index in [2.05, 4.69) is 9.88 Å². The maximum Gasteiger partial charge on any atom is 0.140 e. The maximum absolute atomic E-state index is 10.7. The molecular formula is C11H16N2O2S. The first-order valence-corrected chi connectivity index (χ1v) is 6.89. The van der Waals surface area contributed by atoms with Gasteiger partial charge in [0.1, 0.15) is 10.7 Å². The van der Waals surface area contributed by atoms with Gasteiger partial charge in [-0.05, 0) is 30.9 Å². The van der Waals surface area contributed by atoms with Crippen LogP contribution in [0.25, 0.3) is 0 Å². The average molecular weight is 240 g/mol. The fourth-order valence-corrected chi connectivity index (χ4v) is 2.93. The molecule has 5 heteroatoms. The lowest BCUT2D eigenvalue weighted by atomic mass is 10.00. The summed E-state index contributed by atoms with van der Waals surface area (Å²) in [6, 6.07) is 3.94. The second-order valence-electron chi connectivity index (χ2n) is 4.17. The number of hydrogen-bond donors (Lipinski definition) is 1. The summed E-state index contributed by atoms with van der Waals surface area (Å²) in [6.45, 7) is 1.85. The lowest BCUT2D eigenvalue weighted by Gasteiger charge is -2.33. The Bertz CT molecular complexity index is 398. The van der Waals surface area contributed by atoms with Gasteiger partial charge >= 0.3 is 0 Å². The molecule has 0 N–H and O–H groups in total. The lowest BCUT2D eigenvalue weighted by Crippen LogP contribution is -2.36. The number of hydrogen-bond acceptors (Lipinski definition) is 4. The molecule has 0 bridgehead atoms. The minimum atomic E-state index is -2.25. The highest BCUT2D eigenvalue weighted by Gasteiger charge is 2.20. The van der Waals surface area contributed by atoms with Crippen LogP contribution in [0.1, 0.15) is 12.8 Å². The molecule has 2 heterocycles. The standard InChI is InChI=1S/C11H16N2O2S/c14-16(15)9-10-2-1-7-13(8-10)11-3-5-12-6-4-11/h3-6,10,16H,1-2,7-9H2. The van der Waals surface area contributed by atoms with E-state index in [1.165, 1.54) is 0 Å². The number of pyridine rings is 1. The zero-order chi connectivity index (χ0) is 11.4. The Kier molecular flexibility index (Phi) is 3.77. The van der Waals surface area contributed by atoms with Crippen molar-refractivity contribution in [3.8, 4) is 0 Å². The molecule has 0 aliphatic carbocycles. The molecule has 16 heavy (non-hydrogen) atoms. The largest absolute Gasteiger partial charge is 0.371 e. The van der Waals surface area contributed by atoms with Crippen LogP contribution in [0.4, 0.5) is 5.69 Å². The van der Waals surface area contributed by atoms with E-state index in [1.807, 2.05) is 12.1 Å². The molecule has 4 nitrogen and oxygen atoms in total. The monoisotopic (exact) mass is 240 g/mol. The molecule has 0 spiro atoms. The summed E-state index contributed by atoms with van der Waals surface area (Å²) in [5, 5.41) is 0. The van der Waals surface area contributed by atoms with Crippen molar-refractivity contribution < 1.29 is 8.42 Å². The van der Waals surface area contributed by atoms with Crippen LogP contribution >= 0.6 is 0 Å². The Labute approximate surface area is 97.3 Å². The average Bonchev–Trinajstić information content (AvgIpc) is 2.30. The Balaban J connectivity index is 2.02. The molecule has 1 atom stereocenters. The van der Waals surface area contributed by atoms with Gasteiger partial charge in [-0.15, -0.1) is 0 Å². The molecule has 0 saturated carbocycles. The smallest absolute Gasteiger partial charge is 0.140 e. The molecule has 0 amide bonds.